The molecule has 2 heterocycles. The number of hydrogen-bond donors (Lipinski definition) is 2. The van der Waals surface area contributed by atoms with Crippen molar-refractivity contribution in [2.75, 3.05) is 54.7 Å². The van der Waals surface area contributed by atoms with Crippen LogP contribution in [0.15, 0.2) is 109 Å². The van der Waals surface area contributed by atoms with Gasteiger partial charge < -0.3 is 48.9 Å². The number of halogens is 2. The van der Waals surface area contributed by atoms with Gasteiger partial charge in [0, 0.05) is 73.7 Å². The molecule has 0 saturated heterocycles. The molecule has 20 heteroatoms. The number of hydrogen-bond acceptors (Lipinski definition) is 14. The van der Waals surface area contributed by atoms with E-state index in [4.69, 9.17) is 51.6 Å². The molecule has 0 aliphatic carbocycles. The van der Waals surface area contributed by atoms with Crippen molar-refractivity contribution in [3.8, 4) is 23.0 Å². The Bertz CT molecular complexity index is 2610. The summed E-state index contributed by atoms with van der Waals surface area (Å²) in [5.41, 5.74) is 2.40. The molecule has 0 bridgehead atoms. The minimum Gasteiger partial charge on any atom is -0.497 e. The van der Waals surface area contributed by atoms with Crippen LogP contribution >= 0.6 is 23.2 Å². The van der Waals surface area contributed by atoms with Crippen molar-refractivity contribution < 1.29 is 66.8 Å². The number of amides is 4. The highest BCUT2D eigenvalue weighted by atomic mass is 35.5. The number of ketones is 2. The predicted octanol–water partition coefficient (Wildman–Crippen LogP) is 7.95. The molecule has 18 nitrogen and oxygen atoms in total. The molecule has 2 aliphatic rings. The molecule has 0 radical (unpaired) electrons. The number of nitrogens with one attached hydrogen (secondary N) is 2. The van der Waals surface area contributed by atoms with Crippen molar-refractivity contribution in [3.05, 3.63) is 142 Å². The van der Waals surface area contributed by atoms with Crippen LogP contribution in [0.1, 0.15) is 84.2 Å². The summed E-state index contributed by atoms with van der Waals surface area (Å²) in [6.07, 6.45) is 6.98. The first-order chi connectivity index (χ1) is 37.4. The number of carbonyl (C=O) groups excluding carboxylic acids is 8. The quantitative estimate of drug-likeness (QED) is 0.126. The zero-order valence-electron chi connectivity index (χ0n) is 44.6. The van der Waals surface area contributed by atoms with Crippen LogP contribution in [-0.2, 0) is 51.3 Å². The van der Waals surface area contributed by atoms with Crippen LogP contribution < -0.4 is 29.6 Å². The van der Waals surface area contributed by atoms with E-state index < -0.39 is 47.7 Å². The lowest BCUT2D eigenvalue weighted by Crippen LogP contribution is -2.45. The Hall–Kier alpha value is -7.70. The lowest BCUT2D eigenvalue weighted by atomic mass is 9.97. The number of Topliss-reactive ketones (excluding diaryl/α,β-unsaturated/α-hetero) is 2. The molecule has 0 saturated carbocycles. The third-order valence-electron chi connectivity index (χ3n) is 12.7. The van der Waals surface area contributed by atoms with Crippen molar-refractivity contribution in [2.45, 2.75) is 77.5 Å². The molecule has 78 heavy (non-hydrogen) atoms. The van der Waals surface area contributed by atoms with Gasteiger partial charge in [-0.2, -0.15) is 0 Å². The van der Waals surface area contributed by atoms with E-state index in [1.807, 2.05) is 48.5 Å². The van der Waals surface area contributed by atoms with Gasteiger partial charge in [0.15, 0.2) is 11.6 Å². The van der Waals surface area contributed by atoms with Crippen LogP contribution in [0, 0.1) is 11.8 Å². The second-order valence-electron chi connectivity index (χ2n) is 18.4. The zero-order chi connectivity index (χ0) is 56.7. The monoisotopic (exact) mass is 1110 g/mol. The number of ether oxygens (including phenoxy) is 6. The molecule has 2 N–H and O–H groups in total. The molecule has 4 atom stereocenters. The number of benzene rings is 4. The Morgan fingerprint density at radius 1 is 0.551 bits per heavy atom. The van der Waals surface area contributed by atoms with E-state index in [0.29, 0.717) is 57.3 Å². The molecule has 2 aliphatic heterocycles. The predicted molar refractivity (Wildman–Crippen MR) is 292 cm³/mol. The largest absolute Gasteiger partial charge is 0.497 e. The van der Waals surface area contributed by atoms with Gasteiger partial charge in [0.05, 0.1) is 39.6 Å². The highest BCUT2D eigenvalue weighted by Gasteiger charge is 2.30. The van der Waals surface area contributed by atoms with Crippen molar-refractivity contribution >= 4 is 70.3 Å². The summed E-state index contributed by atoms with van der Waals surface area (Å²) in [6, 6.07) is 22.1. The van der Waals surface area contributed by atoms with Crippen molar-refractivity contribution in [1.82, 2.24) is 20.4 Å². The van der Waals surface area contributed by atoms with Gasteiger partial charge in [0.2, 0.25) is 23.6 Å². The first-order valence-corrected chi connectivity index (χ1v) is 26.0. The highest BCUT2D eigenvalue weighted by Crippen LogP contribution is 2.28. The zero-order valence-corrected chi connectivity index (χ0v) is 46.1. The molecule has 6 rings (SSSR count). The number of fused-ring (bicyclic) bond motifs is 2. The Morgan fingerprint density at radius 3 is 1.27 bits per heavy atom. The summed E-state index contributed by atoms with van der Waals surface area (Å²) in [5, 5.41) is 6.10. The minimum absolute atomic E-state index is 0.00219. The molecule has 4 amide bonds. The van der Waals surface area contributed by atoms with Crippen LogP contribution in [0.4, 0.5) is 0 Å². The van der Waals surface area contributed by atoms with E-state index in [9.17, 15) is 38.4 Å². The molecule has 4 aromatic rings. The maximum Gasteiger partial charge on any atom is 0.328 e. The van der Waals surface area contributed by atoms with Crippen LogP contribution in [-0.4, -0.2) is 124 Å². The average molecular weight is 1110 g/mol. The second kappa shape index (κ2) is 30.9. The standard InChI is InChI=1S/2C29H33ClN2O7/c2*1-19-16-25(33)23-11-8-21(30)17-26(23)39-15-5-4-14-32(18-20-6-9-22(37-2)10-7-20)27(34)13-12-24(29(36)38-3)31-28(19)35/h2*4-11,17,19,24H,12-16,18H2,1-3H3,(H,31,35)/b5-4+;5-4-/t2*19-,24-/m00/s1. The van der Waals surface area contributed by atoms with Crippen molar-refractivity contribution in [2.24, 2.45) is 11.8 Å². The summed E-state index contributed by atoms with van der Waals surface area (Å²) in [4.78, 5) is 106. The van der Waals surface area contributed by atoms with Crippen LogP contribution in [0.2, 0.25) is 10.0 Å². The first-order valence-electron chi connectivity index (χ1n) is 25.2. The second-order valence-corrected chi connectivity index (χ2v) is 19.3. The normalized spacial score (nSPS) is 20.2. The third kappa shape index (κ3) is 18.8. The number of nitrogens with zero attached hydrogens (tertiary/aromatic N) is 2. The molecule has 0 spiro atoms. The topological polar surface area (TPSA) is 222 Å². The first kappa shape index (κ1) is 61.2. The molecule has 4 aromatic carbocycles. The maximum absolute atomic E-state index is 13.2. The van der Waals surface area contributed by atoms with E-state index in [-0.39, 0.29) is 88.2 Å². The average Bonchev–Trinajstić information content (AvgIpc) is 3.44. The molecule has 0 fully saturated rings. The molecule has 0 unspecified atom stereocenters. The Balaban J connectivity index is 0.000000287. The van der Waals surface area contributed by atoms with Crippen molar-refractivity contribution in [3.63, 3.8) is 0 Å². The lowest BCUT2D eigenvalue weighted by Gasteiger charge is -2.23. The van der Waals surface area contributed by atoms with Crippen LogP contribution in [0.3, 0.4) is 0 Å². The minimum atomic E-state index is -1.03. The van der Waals surface area contributed by atoms with Crippen molar-refractivity contribution in [1.29, 1.82) is 0 Å². The molecule has 0 aromatic heterocycles. The van der Waals surface area contributed by atoms with E-state index >= 15 is 0 Å². The summed E-state index contributed by atoms with van der Waals surface area (Å²) in [6.45, 7) is 4.69. The Kier molecular flexibility index (Phi) is 24.2. The number of methoxy groups -OCH3 is 4. The van der Waals surface area contributed by atoms with Crippen LogP contribution in [0.5, 0.6) is 23.0 Å². The molecular weight excluding hydrogens is 1050 g/mol. The summed E-state index contributed by atoms with van der Waals surface area (Å²) < 4.78 is 31.8. The fourth-order valence-electron chi connectivity index (χ4n) is 8.14. The highest BCUT2D eigenvalue weighted by molar-refractivity contribution is 6.31. The maximum atomic E-state index is 13.2. The summed E-state index contributed by atoms with van der Waals surface area (Å²) in [7, 11) is 5.60. The lowest BCUT2D eigenvalue weighted by molar-refractivity contribution is -0.146. The Morgan fingerprint density at radius 2 is 0.923 bits per heavy atom. The van der Waals surface area contributed by atoms with E-state index in [1.165, 1.54) is 14.2 Å². The van der Waals surface area contributed by atoms with Gasteiger partial charge in [-0.05, 0) is 96.8 Å². The molecular formula is C58H66Cl2N4O14. The fraction of sp³-hybridized carbons (Fsp3) is 0.379. The van der Waals surface area contributed by atoms with Gasteiger partial charge in [-0.25, -0.2) is 9.59 Å². The van der Waals surface area contributed by atoms with Gasteiger partial charge in [-0.1, -0.05) is 73.5 Å². The van der Waals surface area contributed by atoms with Gasteiger partial charge in [-0.15, -0.1) is 0 Å². The van der Waals surface area contributed by atoms with Crippen LogP contribution in [0.25, 0.3) is 0 Å². The van der Waals surface area contributed by atoms with E-state index in [2.05, 4.69) is 10.6 Å². The number of carbonyl (C=O) groups is 8. The fourth-order valence-corrected chi connectivity index (χ4v) is 8.47. The summed E-state index contributed by atoms with van der Waals surface area (Å²) in [5.74, 6) is -2.81. The van der Waals surface area contributed by atoms with E-state index in [1.54, 1.807) is 98.6 Å². The van der Waals surface area contributed by atoms with E-state index in [0.717, 1.165) is 11.1 Å². The summed E-state index contributed by atoms with van der Waals surface area (Å²) >= 11 is 12.3. The number of rotatable bonds is 8. The number of esters is 2. The third-order valence-corrected chi connectivity index (χ3v) is 13.2. The van der Waals surface area contributed by atoms with Gasteiger partial charge in [0.25, 0.3) is 0 Å². The molecule has 416 valence electrons. The smallest absolute Gasteiger partial charge is 0.328 e. The Labute approximate surface area is 464 Å². The SMILES string of the molecule is COC(=O)[C@@H]1CCC(=O)N(Cc2ccc(OC)cc2)C/C=C/COc2cc(Cl)ccc2C(=O)C[C@H](C)C(=O)N1.COC(=O)[C@@H]1CCC(=O)N(Cc2ccc(OC)cc2)C/C=C\COc2cc(Cl)ccc2C(=O)C[C@H](C)C(=O)N1. The van der Waals surface area contributed by atoms with Gasteiger partial charge in [0.1, 0.15) is 48.3 Å². The van der Waals surface area contributed by atoms with Gasteiger partial charge in [-0.3, -0.25) is 28.8 Å². The van der Waals surface area contributed by atoms with Gasteiger partial charge >= 0.3 is 11.9 Å².